The fraction of sp³-hybridized carbons (Fsp3) is 0.308. The number of benzene rings is 1. The van der Waals surface area contributed by atoms with Gasteiger partial charge in [-0.25, -0.2) is 0 Å². The van der Waals surface area contributed by atoms with Gasteiger partial charge in [0, 0.05) is 43.8 Å². The van der Waals surface area contributed by atoms with Crippen molar-refractivity contribution < 1.29 is 9.59 Å². The second-order valence-corrected chi connectivity index (χ2v) is 8.26. The number of hydrogen-bond acceptors (Lipinski definition) is 4. The molecule has 6 nitrogen and oxygen atoms in total. The van der Waals surface area contributed by atoms with Gasteiger partial charge in [0.25, 0.3) is 5.91 Å². The summed E-state index contributed by atoms with van der Waals surface area (Å²) in [5, 5.41) is 3.03. The zero-order chi connectivity index (χ0) is 22.4. The number of pyridine rings is 2. The third kappa shape index (κ3) is 4.54. The predicted molar refractivity (Wildman–Crippen MR) is 124 cm³/mol. The Morgan fingerprint density at radius 2 is 1.91 bits per heavy atom. The van der Waals surface area contributed by atoms with E-state index in [1.807, 2.05) is 43.5 Å². The van der Waals surface area contributed by atoms with E-state index in [9.17, 15) is 9.59 Å². The van der Waals surface area contributed by atoms with Crippen molar-refractivity contribution in [1.82, 2.24) is 20.2 Å². The van der Waals surface area contributed by atoms with Crippen molar-refractivity contribution in [2.45, 2.75) is 26.2 Å². The summed E-state index contributed by atoms with van der Waals surface area (Å²) >= 11 is 0. The third-order valence-electron chi connectivity index (χ3n) is 6.09. The van der Waals surface area contributed by atoms with Crippen LogP contribution in [-0.4, -0.2) is 46.3 Å². The molecule has 1 aromatic carbocycles. The second kappa shape index (κ2) is 9.73. The highest BCUT2D eigenvalue weighted by Gasteiger charge is 2.44. The highest BCUT2D eigenvalue weighted by molar-refractivity contribution is 5.93. The van der Waals surface area contributed by atoms with E-state index in [0.29, 0.717) is 31.7 Å². The minimum Gasteiger partial charge on any atom is -0.356 e. The molecule has 0 spiro atoms. The van der Waals surface area contributed by atoms with E-state index < -0.39 is 5.41 Å². The normalized spacial score (nSPS) is 18.2. The maximum absolute atomic E-state index is 13.4. The van der Waals surface area contributed by atoms with Crippen molar-refractivity contribution in [3.8, 4) is 11.1 Å². The van der Waals surface area contributed by atoms with Crippen molar-refractivity contribution in [3.05, 3.63) is 84.4 Å². The van der Waals surface area contributed by atoms with Gasteiger partial charge in [0.05, 0.1) is 5.41 Å². The van der Waals surface area contributed by atoms with Gasteiger partial charge in [0.1, 0.15) is 5.69 Å². The van der Waals surface area contributed by atoms with Gasteiger partial charge in [0.15, 0.2) is 0 Å². The number of aromatic nitrogens is 2. The lowest BCUT2D eigenvalue weighted by Crippen LogP contribution is -2.54. The highest BCUT2D eigenvalue weighted by Crippen LogP contribution is 2.37. The van der Waals surface area contributed by atoms with Gasteiger partial charge in [-0.3, -0.25) is 19.6 Å². The summed E-state index contributed by atoms with van der Waals surface area (Å²) in [7, 11) is 0. The van der Waals surface area contributed by atoms with Gasteiger partial charge in [-0.05, 0) is 55.5 Å². The number of carbonyl (C=O) groups excluding carboxylic acids is 2. The van der Waals surface area contributed by atoms with Crippen LogP contribution in [0.1, 0.15) is 35.8 Å². The van der Waals surface area contributed by atoms with Crippen molar-refractivity contribution >= 4 is 11.8 Å². The Morgan fingerprint density at radius 3 is 2.66 bits per heavy atom. The molecule has 1 aliphatic heterocycles. The number of rotatable bonds is 6. The van der Waals surface area contributed by atoms with Crippen LogP contribution >= 0.6 is 0 Å². The molecule has 2 amide bonds. The first kappa shape index (κ1) is 21.7. The molecule has 1 aliphatic rings. The number of hydrogen-bond donors (Lipinski definition) is 1. The van der Waals surface area contributed by atoms with E-state index in [0.717, 1.165) is 29.5 Å². The van der Waals surface area contributed by atoms with Crippen LogP contribution in [0.15, 0.2) is 73.2 Å². The van der Waals surface area contributed by atoms with Crippen LogP contribution in [0, 0.1) is 5.41 Å². The molecule has 3 aromatic rings. The van der Waals surface area contributed by atoms with E-state index in [2.05, 4.69) is 27.4 Å². The summed E-state index contributed by atoms with van der Waals surface area (Å²) in [6.07, 6.45) is 7.27. The molecule has 2 aromatic heterocycles. The molecule has 4 rings (SSSR count). The first-order chi connectivity index (χ1) is 15.6. The minimum atomic E-state index is -0.697. The average Bonchev–Trinajstić information content (AvgIpc) is 2.85. The highest BCUT2D eigenvalue weighted by atomic mass is 16.2. The van der Waals surface area contributed by atoms with E-state index in [4.69, 9.17) is 0 Å². The zero-order valence-corrected chi connectivity index (χ0v) is 18.3. The first-order valence-corrected chi connectivity index (χ1v) is 11.1. The number of amides is 2. The summed E-state index contributed by atoms with van der Waals surface area (Å²) in [4.78, 5) is 36.8. The van der Waals surface area contributed by atoms with Gasteiger partial charge in [0.2, 0.25) is 5.91 Å². The molecule has 0 aliphatic carbocycles. The number of likely N-dealkylation sites (tertiary alicyclic amines) is 1. The van der Waals surface area contributed by atoms with Gasteiger partial charge < -0.3 is 10.2 Å². The molecule has 164 valence electrons. The summed E-state index contributed by atoms with van der Waals surface area (Å²) in [5.74, 6) is -0.126. The minimum absolute atomic E-state index is 0.000453. The molecule has 32 heavy (non-hydrogen) atoms. The molecule has 1 unspecified atom stereocenters. The van der Waals surface area contributed by atoms with Crippen LogP contribution < -0.4 is 5.32 Å². The monoisotopic (exact) mass is 428 g/mol. The van der Waals surface area contributed by atoms with Crippen molar-refractivity contribution in [3.63, 3.8) is 0 Å². The van der Waals surface area contributed by atoms with Gasteiger partial charge in [-0.15, -0.1) is 0 Å². The summed E-state index contributed by atoms with van der Waals surface area (Å²) in [6.45, 7) is 3.48. The Hall–Kier alpha value is -3.54. The van der Waals surface area contributed by atoms with Gasteiger partial charge >= 0.3 is 0 Å². The molecular weight excluding hydrogens is 400 g/mol. The van der Waals surface area contributed by atoms with Crippen LogP contribution in [0.3, 0.4) is 0 Å². The van der Waals surface area contributed by atoms with Crippen molar-refractivity contribution in [1.29, 1.82) is 0 Å². The molecule has 6 heteroatoms. The predicted octanol–water partition coefficient (Wildman–Crippen LogP) is 3.74. The standard InChI is InChI=1S/C26H28N4O2/c1-2-28-25(32)26(13-8-16-30(19-26)24(31)23-12-5-6-15-29-23)17-20-9-3-4-11-22(20)21-10-7-14-27-18-21/h3-7,9-12,14-15,18H,2,8,13,16-17,19H2,1H3,(H,28,32). The molecule has 1 saturated heterocycles. The third-order valence-corrected chi connectivity index (χ3v) is 6.09. The van der Waals surface area contributed by atoms with Crippen molar-refractivity contribution in [2.75, 3.05) is 19.6 Å². The van der Waals surface area contributed by atoms with Crippen LogP contribution in [0.2, 0.25) is 0 Å². The lowest BCUT2D eigenvalue weighted by Gasteiger charge is -2.42. The molecule has 3 heterocycles. The van der Waals surface area contributed by atoms with E-state index in [1.54, 1.807) is 29.4 Å². The quantitative estimate of drug-likeness (QED) is 0.649. The largest absolute Gasteiger partial charge is 0.356 e. The van der Waals surface area contributed by atoms with E-state index in [-0.39, 0.29) is 11.8 Å². The fourth-order valence-corrected chi connectivity index (χ4v) is 4.56. The molecule has 0 bridgehead atoms. The van der Waals surface area contributed by atoms with Gasteiger partial charge in [-0.1, -0.05) is 36.4 Å². The molecule has 1 atom stereocenters. The molecule has 0 saturated carbocycles. The SMILES string of the molecule is CCNC(=O)C1(Cc2ccccc2-c2cccnc2)CCCN(C(=O)c2ccccn2)C1. The lowest BCUT2D eigenvalue weighted by molar-refractivity contribution is -0.133. The average molecular weight is 429 g/mol. The Bertz CT molecular complexity index is 1070. The number of carbonyl (C=O) groups is 2. The van der Waals surface area contributed by atoms with Crippen molar-refractivity contribution in [2.24, 2.45) is 5.41 Å². The maximum Gasteiger partial charge on any atom is 0.272 e. The number of nitrogens with zero attached hydrogens (tertiary/aromatic N) is 3. The molecule has 1 fully saturated rings. The maximum atomic E-state index is 13.4. The molecule has 1 N–H and O–H groups in total. The topological polar surface area (TPSA) is 75.2 Å². The number of nitrogens with one attached hydrogen (secondary N) is 1. The Balaban J connectivity index is 1.68. The fourth-order valence-electron chi connectivity index (χ4n) is 4.56. The van der Waals surface area contributed by atoms with Crippen LogP contribution in [0.4, 0.5) is 0 Å². The van der Waals surface area contributed by atoms with Crippen LogP contribution in [-0.2, 0) is 11.2 Å². The summed E-state index contributed by atoms with van der Waals surface area (Å²) in [5.41, 5.74) is 2.88. The zero-order valence-electron chi connectivity index (χ0n) is 18.3. The second-order valence-electron chi connectivity index (χ2n) is 8.26. The number of piperidine rings is 1. The van der Waals surface area contributed by atoms with Crippen LogP contribution in [0.5, 0.6) is 0 Å². The lowest BCUT2D eigenvalue weighted by atomic mass is 9.73. The Labute approximate surface area is 188 Å². The molecular formula is C26H28N4O2. The smallest absolute Gasteiger partial charge is 0.272 e. The van der Waals surface area contributed by atoms with Gasteiger partial charge in [-0.2, -0.15) is 0 Å². The summed E-state index contributed by atoms with van der Waals surface area (Å²) in [6, 6.07) is 17.4. The van der Waals surface area contributed by atoms with E-state index in [1.165, 1.54) is 0 Å². The van der Waals surface area contributed by atoms with Crippen LogP contribution in [0.25, 0.3) is 11.1 Å². The summed E-state index contributed by atoms with van der Waals surface area (Å²) < 4.78 is 0. The Morgan fingerprint density at radius 1 is 1.06 bits per heavy atom. The first-order valence-electron chi connectivity index (χ1n) is 11.1. The van der Waals surface area contributed by atoms with E-state index >= 15 is 0 Å². The molecule has 0 radical (unpaired) electrons. The Kier molecular flexibility index (Phi) is 6.59.